The van der Waals surface area contributed by atoms with Crippen LogP contribution in [-0.4, -0.2) is 227 Å². The number of fused-ring (bicyclic) bond motifs is 2. The lowest BCUT2D eigenvalue weighted by molar-refractivity contribution is -0.140. The molecule has 6 rings (SSSR count). The number of hydrogen-bond donors (Lipinski definition) is 23. The molecular weight excluding hydrogens is 1520 g/mol. The van der Waals surface area contributed by atoms with Gasteiger partial charge in [0.05, 0.1) is 31.4 Å². The van der Waals surface area contributed by atoms with E-state index in [9.17, 15) is 87.2 Å². The normalized spacial score (nSPS) is 14.7. The number of aliphatic hydroxyl groups excluding tert-OH is 1. The number of rotatable bonds is 47. The van der Waals surface area contributed by atoms with E-state index in [2.05, 4.69) is 114 Å². The Morgan fingerprint density at radius 3 is 1.46 bits per heavy atom. The molecule has 14 amide bonds. The fraction of sp³-hybridized carbons (Fsp3) is 0.467. The number of thiol groups is 2. The number of nitrogens with one attached hydrogen (secondary N) is 16. The number of phenols is 1. The number of carboxylic acids is 1. The Morgan fingerprint density at radius 1 is 0.500 bits per heavy atom. The average molecular weight is 1620 g/mol. The minimum absolute atomic E-state index is 0.0642. The summed E-state index contributed by atoms with van der Waals surface area (Å²) in [6, 6.07) is 2.20. The maximum absolute atomic E-state index is 14.9. The molecule has 0 saturated heterocycles. The summed E-state index contributed by atoms with van der Waals surface area (Å²) in [4.78, 5) is 220. The van der Waals surface area contributed by atoms with Crippen LogP contribution in [0.5, 0.6) is 5.75 Å². The molecule has 0 aliphatic heterocycles. The van der Waals surface area contributed by atoms with Crippen LogP contribution >= 0.6 is 25.3 Å². The molecule has 0 spiro atoms. The molecule has 114 heavy (non-hydrogen) atoms. The molecule has 39 heteroatoms. The number of aromatic nitrogens is 4. The van der Waals surface area contributed by atoms with E-state index in [-0.39, 0.29) is 55.3 Å². The molecule has 0 aliphatic rings. The van der Waals surface area contributed by atoms with Gasteiger partial charge < -0.3 is 111 Å². The van der Waals surface area contributed by atoms with Gasteiger partial charge in [-0.3, -0.25) is 71.9 Å². The van der Waals surface area contributed by atoms with E-state index in [0.717, 1.165) is 0 Å². The molecule has 13 atom stereocenters. The lowest BCUT2D eigenvalue weighted by Gasteiger charge is -2.29. The average Bonchev–Trinajstić information content (AvgIpc) is 1.63. The third kappa shape index (κ3) is 28.3. The smallest absolute Gasteiger partial charge is 0.305 e. The molecule has 0 saturated carbocycles. The number of benzene rings is 3. The summed E-state index contributed by atoms with van der Waals surface area (Å²) in [5.74, 6) is -16.1. The number of aromatic hydroxyl groups is 1. The first-order valence-corrected chi connectivity index (χ1v) is 38.2. The number of aliphatic hydroxyl groups is 1. The number of nitrogens with zero attached hydrogens (tertiary/aromatic N) is 1. The summed E-state index contributed by atoms with van der Waals surface area (Å²) in [5.41, 5.74) is 14.1. The molecule has 23 N–H and O–H groups in total. The van der Waals surface area contributed by atoms with E-state index >= 15 is 0 Å². The number of phenolic OH excluding ortho intramolecular Hbond substituents is 1. The van der Waals surface area contributed by atoms with Crippen molar-refractivity contribution < 1.29 is 87.2 Å². The second-order valence-electron chi connectivity index (χ2n) is 28.2. The van der Waals surface area contributed by atoms with Gasteiger partial charge in [0.1, 0.15) is 72.2 Å². The van der Waals surface area contributed by atoms with Gasteiger partial charge in [0.25, 0.3) is 0 Å². The van der Waals surface area contributed by atoms with E-state index < -0.39 is 199 Å². The zero-order chi connectivity index (χ0) is 84.0. The van der Waals surface area contributed by atoms with Crippen LogP contribution in [0.1, 0.15) is 103 Å². The number of carboxylic acid groups (broad SMARTS) is 1. The third-order valence-corrected chi connectivity index (χ3v) is 19.0. The van der Waals surface area contributed by atoms with Crippen LogP contribution in [0.25, 0.3) is 21.8 Å². The highest BCUT2D eigenvalue weighted by Crippen LogP contribution is 2.22. The number of amides is 14. The molecule has 0 radical (unpaired) electrons. The Kier molecular flexibility index (Phi) is 35.7. The zero-order valence-electron chi connectivity index (χ0n) is 64.1. The van der Waals surface area contributed by atoms with Crippen molar-refractivity contribution in [1.82, 2.24) is 89.1 Å². The zero-order valence-corrected chi connectivity index (χ0v) is 65.8. The van der Waals surface area contributed by atoms with E-state index in [1.54, 1.807) is 88.6 Å². The molecule has 0 bridgehead atoms. The second kappa shape index (κ2) is 44.6. The molecule has 0 fully saturated rings. The summed E-state index contributed by atoms with van der Waals surface area (Å²) < 4.78 is 0. The van der Waals surface area contributed by atoms with Crippen LogP contribution in [0.4, 0.5) is 0 Å². The van der Waals surface area contributed by atoms with Crippen molar-refractivity contribution in [3.63, 3.8) is 0 Å². The SMILES string of the molecule is CCCN[C@@H](CC(=O)O)C(=O)NC(CS)C(=O)N[C@@H](C)C(=O)NC(Cc1c[nH]c2ccccc12)C(=O)N[C@@H](Cc1cnc[nH]1)C(=O)NC(Cc1ccc(O)cc1)C(=O)NCC(=O)NC(CCC(N)=O)C(=O)N[C@@H](CC(C)C)C(=O)NC(C(=O)N[C@@H](Cc1c[nH]c2ccccc12)C(=O)NC(CS)C(=O)N[C@H](C(N)=O)[C@@H](C)O)C(C)C. The van der Waals surface area contributed by atoms with Gasteiger partial charge in [0, 0.05) is 89.7 Å². The second-order valence-corrected chi connectivity index (χ2v) is 29.0. The minimum Gasteiger partial charge on any atom is -0.508 e. The number of imidazole rings is 1. The van der Waals surface area contributed by atoms with E-state index in [4.69, 9.17) is 11.5 Å². The number of carbonyl (C=O) groups excluding carboxylic acids is 14. The number of aliphatic carboxylic acids is 1. The van der Waals surface area contributed by atoms with Crippen LogP contribution in [-0.2, 0) is 97.6 Å². The number of hydrogen-bond acceptors (Lipinski definition) is 21. The Labute approximate surface area is 667 Å². The van der Waals surface area contributed by atoms with E-state index in [1.807, 2.05) is 6.92 Å². The molecule has 618 valence electrons. The van der Waals surface area contributed by atoms with Gasteiger partial charge in [0.2, 0.25) is 82.7 Å². The van der Waals surface area contributed by atoms with Crippen molar-refractivity contribution in [2.24, 2.45) is 23.3 Å². The summed E-state index contributed by atoms with van der Waals surface area (Å²) in [7, 11) is 0. The molecule has 6 unspecified atom stereocenters. The molecule has 3 heterocycles. The Balaban J connectivity index is 1.20. The topological polar surface area (TPSA) is 585 Å². The Morgan fingerprint density at radius 2 is 0.965 bits per heavy atom. The standard InChI is InChI=1S/C75H103N19O18S2/c1-8-23-79-51(29-61(99)100)68(105)91-57(34-113)73(110)84-39(6)65(102)86-54(26-42-30-80-48-15-11-9-13-46(42)48)69(106)89-56(28-44-32-78-36-83-44)71(108)88-53(25-41-17-19-45(96)20-18-41)66(103)82-33-60(98)85-50(21-22-59(76)97)67(104)87-52(24-37(2)3)72(109)93-62(38(4)5)75(112)90-55(27-43-31-81-49-16-12-10-14-47(43)49)70(107)92-58(35-114)74(111)94-63(40(7)95)64(77)101/h9-20,30-32,36-40,50-58,62-63,79-81,95-96,113-114H,8,21-29,33-35H2,1-7H3,(H2,76,97)(H2,77,101)(H,78,83)(H,82,103)(H,84,110)(H,85,98)(H,86,102)(H,87,104)(H,88,108)(H,89,106)(H,90,112)(H,91,105)(H,92,107)(H,93,109)(H,94,111)(H,99,100)/t39-,40+,50?,51-,52-,53?,54?,55-,56-,57?,58?,62?,63-/m0/s1. The summed E-state index contributed by atoms with van der Waals surface area (Å²) in [5, 5.41) is 64.7. The van der Waals surface area contributed by atoms with Crippen LogP contribution < -0.4 is 80.6 Å². The van der Waals surface area contributed by atoms with Crippen LogP contribution in [0, 0.1) is 11.8 Å². The van der Waals surface area contributed by atoms with Gasteiger partial charge >= 0.3 is 5.97 Å². The maximum atomic E-state index is 14.9. The molecule has 3 aromatic carbocycles. The van der Waals surface area contributed by atoms with Crippen molar-refractivity contribution in [3.05, 3.63) is 120 Å². The highest BCUT2D eigenvalue weighted by molar-refractivity contribution is 7.80. The highest BCUT2D eigenvalue weighted by Gasteiger charge is 2.38. The lowest BCUT2D eigenvalue weighted by atomic mass is 9.98. The molecule has 3 aromatic heterocycles. The Hall–Kier alpha value is -11.6. The number of carbonyl (C=O) groups is 15. The number of aromatic amines is 3. The lowest BCUT2D eigenvalue weighted by Crippen LogP contribution is -2.61. The number of nitrogens with two attached hydrogens (primary N) is 2. The first-order valence-electron chi connectivity index (χ1n) is 37.0. The molecule has 0 aliphatic carbocycles. The van der Waals surface area contributed by atoms with E-state index in [0.29, 0.717) is 57.2 Å². The quantitative estimate of drug-likeness (QED) is 0.0174. The van der Waals surface area contributed by atoms with Gasteiger partial charge in [-0.05, 0) is 92.4 Å². The van der Waals surface area contributed by atoms with Crippen LogP contribution in [0.2, 0.25) is 0 Å². The van der Waals surface area contributed by atoms with Gasteiger partial charge in [-0.1, -0.05) is 83.1 Å². The van der Waals surface area contributed by atoms with Crippen molar-refractivity contribution in [1.29, 1.82) is 0 Å². The predicted octanol–water partition coefficient (Wildman–Crippen LogP) is -2.65. The first kappa shape index (κ1) is 91.3. The Bertz CT molecular complexity index is 4350. The van der Waals surface area contributed by atoms with Crippen LogP contribution in [0.3, 0.4) is 0 Å². The number of H-pyrrole nitrogens is 3. The fourth-order valence-electron chi connectivity index (χ4n) is 12.1. The highest BCUT2D eigenvalue weighted by atomic mass is 32.1. The monoisotopic (exact) mass is 1620 g/mol. The molecule has 37 nitrogen and oxygen atoms in total. The molecule has 6 aromatic rings. The van der Waals surface area contributed by atoms with Crippen molar-refractivity contribution in [2.75, 3.05) is 24.6 Å². The first-order chi connectivity index (χ1) is 54.1. The predicted molar refractivity (Wildman–Crippen MR) is 424 cm³/mol. The largest absolute Gasteiger partial charge is 0.508 e. The van der Waals surface area contributed by atoms with Gasteiger partial charge in [-0.15, -0.1) is 0 Å². The van der Waals surface area contributed by atoms with Gasteiger partial charge in [-0.25, -0.2) is 4.98 Å². The van der Waals surface area contributed by atoms with Gasteiger partial charge in [-0.2, -0.15) is 25.3 Å². The molecular formula is C75H103N19O18S2. The number of primary amides is 2. The summed E-state index contributed by atoms with van der Waals surface area (Å²) >= 11 is 8.44. The fourth-order valence-corrected chi connectivity index (χ4v) is 12.6. The van der Waals surface area contributed by atoms with Crippen LogP contribution in [0.15, 0.2) is 97.7 Å². The minimum atomic E-state index is -1.62. The maximum Gasteiger partial charge on any atom is 0.305 e. The summed E-state index contributed by atoms with van der Waals surface area (Å²) in [6.07, 6.45) is 2.51. The van der Waals surface area contributed by atoms with Crippen molar-refractivity contribution in [3.8, 4) is 5.75 Å². The van der Waals surface area contributed by atoms with Gasteiger partial charge in [0.15, 0.2) is 0 Å². The summed E-state index contributed by atoms with van der Waals surface area (Å²) in [6.45, 7) is 10.4. The van der Waals surface area contributed by atoms with Crippen molar-refractivity contribution >= 4 is 136 Å². The van der Waals surface area contributed by atoms with E-state index in [1.165, 1.54) is 50.6 Å². The third-order valence-electron chi connectivity index (χ3n) is 18.2. The van der Waals surface area contributed by atoms with Crippen molar-refractivity contribution in [2.45, 2.75) is 185 Å². The number of para-hydroxylation sites is 2.